The maximum absolute atomic E-state index is 6.17. The lowest BCUT2D eigenvalue weighted by atomic mass is 10.0. The van der Waals surface area contributed by atoms with Gasteiger partial charge in [-0.2, -0.15) is 0 Å². The number of nitrogens with zero attached hydrogens (tertiary/aromatic N) is 1. The topological polar surface area (TPSA) is 29.3 Å². The molecule has 0 radical (unpaired) electrons. The normalized spacial score (nSPS) is 15.5. The number of hydrogen-bond acceptors (Lipinski definition) is 2. The molecule has 0 bridgehead atoms. The average Bonchev–Trinajstić information content (AvgIpc) is 2.27. The van der Waals surface area contributed by atoms with Gasteiger partial charge in [-0.05, 0) is 26.1 Å². The Bertz CT molecular complexity index is 258. The van der Waals surface area contributed by atoms with Crippen molar-refractivity contribution in [2.75, 3.05) is 13.6 Å². The largest absolute Gasteiger partial charge is 0.323 e. The van der Waals surface area contributed by atoms with Crippen molar-refractivity contribution in [2.45, 2.75) is 25.9 Å². The van der Waals surface area contributed by atoms with Crippen molar-refractivity contribution in [2.24, 2.45) is 5.73 Å². The first kappa shape index (κ1) is 11.2. The highest BCUT2D eigenvalue weighted by Gasteiger charge is 2.17. The van der Waals surface area contributed by atoms with Crippen LogP contribution >= 0.6 is 0 Å². The van der Waals surface area contributed by atoms with E-state index in [9.17, 15) is 0 Å². The summed E-state index contributed by atoms with van der Waals surface area (Å²) < 4.78 is 0. The van der Waals surface area contributed by atoms with Gasteiger partial charge in [0.1, 0.15) is 0 Å². The van der Waals surface area contributed by atoms with E-state index in [1.165, 1.54) is 5.56 Å². The van der Waals surface area contributed by atoms with Gasteiger partial charge in [0.25, 0.3) is 0 Å². The molecule has 2 heteroatoms. The van der Waals surface area contributed by atoms with E-state index in [-0.39, 0.29) is 6.04 Å². The average molecular weight is 192 g/mol. The quantitative estimate of drug-likeness (QED) is 0.791. The molecule has 1 aromatic rings. The minimum Gasteiger partial charge on any atom is -0.323 e. The highest BCUT2D eigenvalue weighted by molar-refractivity contribution is 5.19. The summed E-state index contributed by atoms with van der Waals surface area (Å²) in [4.78, 5) is 2.26. The van der Waals surface area contributed by atoms with Gasteiger partial charge in [0.05, 0.1) is 0 Å². The third-order valence-electron chi connectivity index (χ3n) is 2.90. The van der Waals surface area contributed by atoms with Crippen LogP contribution in [0.15, 0.2) is 30.3 Å². The van der Waals surface area contributed by atoms with E-state index < -0.39 is 0 Å². The number of nitrogens with two attached hydrogens (primary N) is 1. The van der Waals surface area contributed by atoms with Crippen molar-refractivity contribution in [3.05, 3.63) is 35.9 Å². The number of rotatable bonds is 4. The zero-order chi connectivity index (χ0) is 10.6. The summed E-state index contributed by atoms with van der Waals surface area (Å²) in [5.74, 6) is 0. The second-order valence-electron chi connectivity index (χ2n) is 3.75. The molecule has 14 heavy (non-hydrogen) atoms. The van der Waals surface area contributed by atoms with Gasteiger partial charge in [0.2, 0.25) is 0 Å². The number of likely N-dealkylation sites (N-methyl/N-ethyl adjacent to an activating group) is 1. The SMILES string of the molecule is CCN(C)[C@@H](C)[C@H](N)c1ccccc1. The summed E-state index contributed by atoms with van der Waals surface area (Å²) in [6, 6.07) is 10.7. The summed E-state index contributed by atoms with van der Waals surface area (Å²) in [5.41, 5.74) is 7.38. The van der Waals surface area contributed by atoms with Crippen LogP contribution in [0.1, 0.15) is 25.5 Å². The van der Waals surface area contributed by atoms with Gasteiger partial charge in [-0.15, -0.1) is 0 Å². The molecule has 0 aliphatic carbocycles. The van der Waals surface area contributed by atoms with Gasteiger partial charge in [0, 0.05) is 12.1 Å². The Morgan fingerprint density at radius 1 is 1.29 bits per heavy atom. The lowest BCUT2D eigenvalue weighted by molar-refractivity contribution is 0.238. The maximum Gasteiger partial charge on any atom is 0.0450 e. The predicted octanol–water partition coefficient (Wildman–Crippen LogP) is 2.03. The van der Waals surface area contributed by atoms with Crippen LogP contribution in [0.25, 0.3) is 0 Å². The molecule has 0 unspecified atom stereocenters. The maximum atomic E-state index is 6.17. The fourth-order valence-corrected chi connectivity index (χ4v) is 1.52. The van der Waals surface area contributed by atoms with E-state index in [0.717, 1.165) is 6.54 Å². The third-order valence-corrected chi connectivity index (χ3v) is 2.90. The molecule has 0 amide bonds. The van der Waals surface area contributed by atoms with E-state index in [1.807, 2.05) is 18.2 Å². The molecule has 1 aromatic carbocycles. The molecule has 0 heterocycles. The van der Waals surface area contributed by atoms with E-state index in [1.54, 1.807) is 0 Å². The van der Waals surface area contributed by atoms with Gasteiger partial charge >= 0.3 is 0 Å². The molecule has 0 aliphatic heterocycles. The number of hydrogen-bond donors (Lipinski definition) is 1. The van der Waals surface area contributed by atoms with Crippen molar-refractivity contribution in [1.29, 1.82) is 0 Å². The van der Waals surface area contributed by atoms with Crippen LogP contribution in [-0.4, -0.2) is 24.5 Å². The summed E-state index contributed by atoms with van der Waals surface area (Å²) in [5, 5.41) is 0. The van der Waals surface area contributed by atoms with Crippen LogP contribution in [0, 0.1) is 0 Å². The van der Waals surface area contributed by atoms with Crippen molar-refractivity contribution in [3.8, 4) is 0 Å². The number of benzene rings is 1. The van der Waals surface area contributed by atoms with Crippen molar-refractivity contribution >= 4 is 0 Å². The van der Waals surface area contributed by atoms with Crippen LogP contribution in [0.5, 0.6) is 0 Å². The fraction of sp³-hybridized carbons (Fsp3) is 0.500. The molecule has 2 atom stereocenters. The zero-order valence-corrected chi connectivity index (χ0v) is 9.27. The second kappa shape index (κ2) is 5.13. The smallest absolute Gasteiger partial charge is 0.0450 e. The van der Waals surface area contributed by atoms with Crippen LogP contribution < -0.4 is 5.73 Å². The van der Waals surface area contributed by atoms with E-state index in [2.05, 4.69) is 37.9 Å². The Hall–Kier alpha value is -0.860. The third kappa shape index (κ3) is 2.56. The molecule has 78 valence electrons. The molecule has 0 saturated carbocycles. The molecule has 2 nitrogen and oxygen atoms in total. The van der Waals surface area contributed by atoms with E-state index in [0.29, 0.717) is 6.04 Å². The molecule has 1 rings (SSSR count). The monoisotopic (exact) mass is 192 g/mol. The highest BCUT2D eigenvalue weighted by Crippen LogP contribution is 2.16. The Kier molecular flexibility index (Phi) is 4.11. The summed E-state index contributed by atoms with van der Waals surface area (Å²) >= 11 is 0. The highest BCUT2D eigenvalue weighted by atomic mass is 15.1. The lowest BCUT2D eigenvalue weighted by Crippen LogP contribution is -2.38. The van der Waals surface area contributed by atoms with Gasteiger partial charge < -0.3 is 10.6 Å². The molecule has 0 aliphatic rings. The van der Waals surface area contributed by atoms with Crippen LogP contribution in [0.2, 0.25) is 0 Å². The first-order valence-corrected chi connectivity index (χ1v) is 5.17. The summed E-state index contributed by atoms with van der Waals surface area (Å²) in [6.45, 7) is 5.34. The first-order valence-electron chi connectivity index (χ1n) is 5.17. The minimum absolute atomic E-state index is 0.0983. The van der Waals surface area contributed by atoms with Crippen molar-refractivity contribution in [1.82, 2.24) is 4.90 Å². The molecule has 0 aromatic heterocycles. The lowest BCUT2D eigenvalue weighted by Gasteiger charge is -2.28. The fourth-order valence-electron chi connectivity index (χ4n) is 1.52. The second-order valence-corrected chi connectivity index (χ2v) is 3.75. The van der Waals surface area contributed by atoms with Crippen LogP contribution in [0.3, 0.4) is 0 Å². The Morgan fingerprint density at radius 2 is 1.86 bits per heavy atom. The molecule has 2 N–H and O–H groups in total. The van der Waals surface area contributed by atoms with Gasteiger partial charge in [-0.3, -0.25) is 0 Å². The first-order chi connectivity index (χ1) is 6.66. The van der Waals surface area contributed by atoms with E-state index >= 15 is 0 Å². The molecule has 0 fully saturated rings. The van der Waals surface area contributed by atoms with Crippen molar-refractivity contribution in [3.63, 3.8) is 0 Å². The Morgan fingerprint density at radius 3 is 2.36 bits per heavy atom. The van der Waals surface area contributed by atoms with E-state index in [4.69, 9.17) is 5.73 Å². The predicted molar refractivity (Wildman–Crippen MR) is 61.1 cm³/mol. The van der Waals surface area contributed by atoms with Gasteiger partial charge in [0.15, 0.2) is 0 Å². The van der Waals surface area contributed by atoms with Crippen molar-refractivity contribution < 1.29 is 0 Å². The molecular weight excluding hydrogens is 172 g/mol. The van der Waals surface area contributed by atoms with Crippen LogP contribution in [-0.2, 0) is 0 Å². The minimum atomic E-state index is 0.0983. The van der Waals surface area contributed by atoms with Crippen LogP contribution in [0.4, 0.5) is 0 Å². The Labute approximate surface area is 86.7 Å². The molecular formula is C12H20N2. The summed E-state index contributed by atoms with van der Waals surface area (Å²) in [6.07, 6.45) is 0. The zero-order valence-electron chi connectivity index (χ0n) is 9.27. The molecule has 0 spiro atoms. The van der Waals surface area contributed by atoms with Gasteiger partial charge in [-0.25, -0.2) is 0 Å². The van der Waals surface area contributed by atoms with Gasteiger partial charge in [-0.1, -0.05) is 37.3 Å². The standard InChI is InChI=1S/C12H20N2/c1-4-14(3)10(2)12(13)11-8-6-5-7-9-11/h5-10,12H,4,13H2,1-3H3/t10-,12-/m0/s1. The molecule has 0 saturated heterocycles. The summed E-state index contributed by atoms with van der Waals surface area (Å²) in [7, 11) is 2.10. The Balaban J connectivity index is 2.70.